The number of hydrogen-bond donors (Lipinski definition) is 1. The van der Waals surface area contributed by atoms with Gasteiger partial charge in [0.1, 0.15) is 11.3 Å². The fraction of sp³-hybridized carbons (Fsp3) is 0.0625. The monoisotopic (exact) mass is 389 g/mol. The fourth-order valence-electron chi connectivity index (χ4n) is 2.28. The van der Waals surface area contributed by atoms with Gasteiger partial charge in [0, 0.05) is 10.9 Å². The summed E-state index contributed by atoms with van der Waals surface area (Å²) in [6.07, 6.45) is 1.31. The van der Waals surface area contributed by atoms with E-state index < -0.39 is 16.7 Å². The van der Waals surface area contributed by atoms with Crippen LogP contribution in [0.3, 0.4) is 0 Å². The third-order valence-corrected chi connectivity index (χ3v) is 4.78. The molecule has 10 heteroatoms. The number of hydrogen-bond acceptors (Lipinski definition) is 7. The van der Waals surface area contributed by atoms with Crippen molar-refractivity contribution in [2.75, 3.05) is 12.0 Å². The molecule has 1 fully saturated rings. The number of amides is 2. The molecule has 1 N–H and O–H groups in total. The second-order valence-electron chi connectivity index (χ2n) is 5.09. The second kappa shape index (κ2) is 7.02. The van der Waals surface area contributed by atoms with E-state index in [0.717, 1.165) is 11.3 Å². The minimum Gasteiger partial charge on any atom is -0.497 e. The summed E-state index contributed by atoms with van der Waals surface area (Å²) in [7, 11) is 1.52. The van der Waals surface area contributed by atoms with Crippen molar-refractivity contribution in [3.63, 3.8) is 0 Å². The van der Waals surface area contributed by atoms with E-state index in [9.17, 15) is 19.7 Å². The van der Waals surface area contributed by atoms with Crippen LogP contribution in [0.2, 0.25) is 0 Å². The first-order chi connectivity index (χ1) is 12.4. The molecule has 2 heterocycles. The van der Waals surface area contributed by atoms with Crippen LogP contribution >= 0.6 is 23.6 Å². The number of ether oxygens (including phenoxy) is 1. The van der Waals surface area contributed by atoms with Gasteiger partial charge in [-0.3, -0.25) is 29.9 Å². The summed E-state index contributed by atoms with van der Waals surface area (Å²) < 4.78 is 5.08. The molecule has 8 nitrogen and oxygen atoms in total. The Morgan fingerprint density at radius 2 is 1.92 bits per heavy atom. The predicted molar refractivity (Wildman–Crippen MR) is 100 cm³/mol. The Kier molecular flexibility index (Phi) is 4.78. The highest BCUT2D eigenvalue weighted by atomic mass is 32.1. The Labute approximate surface area is 156 Å². The number of rotatable bonds is 4. The smallest absolute Gasteiger partial charge is 0.324 e. The van der Waals surface area contributed by atoms with Crippen LogP contribution in [-0.4, -0.2) is 29.0 Å². The lowest BCUT2D eigenvalue weighted by Crippen LogP contribution is -2.54. The van der Waals surface area contributed by atoms with Crippen LogP contribution in [0.4, 0.5) is 10.7 Å². The van der Waals surface area contributed by atoms with Gasteiger partial charge in [-0.25, -0.2) is 0 Å². The van der Waals surface area contributed by atoms with E-state index in [4.69, 9.17) is 17.0 Å². The molecule has 0 radical (unpaired) electrons. The molecule has 0 unspecified atom stereocenters. The molecule has 2 amide bonds. The molecule has 0 saturated carbocycles. The number of carbonyl (C=O) groups excluding carboxylic acids is 2. The van der Waals surface area contributed by atoms with Crippen molar-refractivity contribution in [2.45, 2.75) is 0 Å². The summed E-state index contributed by atoms with van der Waals surface area (Å²) >= 11 is 5.97. The number of thiophene rings is 1. The average Bonchev–Trinajstić information content (AvgIpc) is 3.08. The summed E-state index contributed by atoms with van der Waals surface area (Å²) in [6.45, 7) is 0. The Morgan fingerprint density at radius 1 is 1.23 bits per heavy atom. The standard InChI is InChI=1S/C16H11N3O5S2/c1-24-10-4-2-9(3-5-10)18-15(21)12(14(20)17-16(18)25)8-11-6-7-13(26-11)19(22)23/h2-8H,1H3,(H,17,20,25). The summed E-state index contributed by atoms with van der Waals surface area (Å²) in [5.41, 5.74) is 0.301. The van der Waals surface area contributed by atoms with Crippen molar-refractivity contribution < 1.29 is 19.2 Å². The van der Waals surface area contributed by atoms with Crippen molar-refractivity contribution in [2.24, 2.45) is 0 Å². The van der Waals surface area contributed by atoms with E-state index in [-0.39, 0.29) is 15.7 Å². The number of anilines is 1. The molecule has 0 bridgehead atoms. The predicted octanol–water partition coefficient (Wildman–Crippen LogP) is 2.50. The minimum absolute atomic E-state index is 0.0422. The van der Waals surface area contributed by atoms with Crippen LogP contribution in [0.5, 0.6) is 5.75 Å². The lowest BCUT2D eigenvalue weighted by molar-refractivity contribution is -0.380. The zero-order chi connectivity index (χ0) is 18.8. The first-order valence-corrected chi connectivity index (χ1v) is 8.43. The van der Waals surface area contributed by atoms with Gasteiger partial charge < -0.3 is 4.74 Å². The van der Waals surface area contributed by atoms with Crippen LogP contribution in [0.15, 0.2) is 42.0 Å². The Morgan fingerprint density at radius 3 is 2.50 bits per heavy atom. The topological polar surface area (TPSA) is 102 Å². The highest BCUT2D eigenvalue weighted by Gasteiger charge is 2.34. The van der Waals surface area contributed by atoms with Gasteiger partial charge in [-0.05, 0) is 48.6 Å². The first kappa shape index (κ1) is 17.7. The molecular weight excluding hydrogens is 378 g/mol. The molecule has 0 spiro atoms. The van der Waals surface area contributed by atoms with Crippen LogP contribution in [-0.2, 0) is 9.59 Å². The van der Waals surface area contributed by atoms with Gasteiger partial charge >= 0.3 is 5.00 Å². The summed E-state index contributed by atoms with van der Waals surface area (Å²) in [5, 5.41) is 13.1. The van der Waals surface area contributed by atoms with Crippen LogP contribution in [0.25, 0.3) is 6.08 Å². The largest absolute Gasteiger partial charge is 0.497 e. The molecule has 1 aromatic carbocycles. The normalized spacial score (nSPS) is 16.0. The zero-order valence-electron chi connectivity index (χ0n) is 13.3. The lowest BCUT2D eigenvalue weighted by atomic mass is 10.1. The summed E-state index contributed by atoms with van der Waals surface area (Å²) in [6, 6.07) is 9.37. The molecule has 1 saturated heterocycles. The third kappa shape index (κ3) is 3.32. The lowest BCUT2D eigenvalue weighted by Gasteiger charge is -2.28. The number of nitrogens with zero attached hydrogens (tertiary/aromatic N) is 2. The van der Waals surface area contributed by atoms with Crippen LogP contribution in [0.1, 0.15) is 4.88 Å². The van der Waals surface area contributed by atoms with Gasteiger partial charge in [0.25, 0.3) is 11.8 Å². The maximum Gasteiger partial charge on any atom is 0.324 e. The highest BCUT2D eigenvalue weighted by molar-refractivity contribution is 7.80. The average molecular weight is 389 g/mol. The van der Waals surface area contributed by atoms with E-state index in [1.54, 1.807) is 24.3 Å². The van der Waals surface area contributed by atoms with Crippen molar-refractivity contribution in [3.8, 4) is 5.75 Å². The molecule has 1 aliphatic rings. The molecule has 26 heavy (non-hydrogen) atoms. The van der Waals surface area contributed by atoms with Crippen molar-refractivity contribution in [1.29, 1.82) is 0 Å². The number of methoxy groups -OCH3 is 1. The quantitative estimate of drug-likeness (QED) is 0.283. The van der Waals surface area contributed by atoms with Gasteiger partial charge in [-0.1, -0.05) is 11.3 Å². The number of nitro groups is 1. The number of carbonyl (C=O) groups is 2. The Balaban J connectivity index is 1.96. The van der Waals surface area contributed by atoms with E-state index in [0.29, 0.717) is 16.3 Å². The van der Waals surface area contributed by atoms with Crippen LogP contribution in [0, 0.1) is 10.1 Å². The number of benzene rings is 1. The van der Waals surface area contributed by atoms with Crippen LogP contribution < -0.4 is 15.0 Å². The summed E-state index contributed by atoms with van der Waals surface area (Å²) in [5.74, 6) is -0.657. The molecule has 1 aromatic heterocycles. The van der Waals surface area contributed by atoms with E-state index >= 15 is 0 Å². The van der Waals surface area contributed by atoms with Crippen molar-refractivity contribution >= 4 is 57.2 Å². The molecule has 1 aliphatic heterocycles. The first-order valence-electron chi connectivity index (χ1n) is 7.20. The van der Waals surface area contributed by atoms with Crippen molar-refractivity contribution in [1.82, 2.24) is 5.32 Å². The number of thiocarbonyl (C=S) groups is 1. The van der Waals surface area contributed by atoms with E-state index in [2.05, 4.69) is 5.32 Å². The highest BCUT2D eigenvalue weighted by Crippen LogP contribution is 2.28. The molecule has 0 aliphatic carbocycles. The molecular formula is C16H11N3O5S2. The van der Waals surface area contributed by atoms with Gasteiger partial charge in [0.05, 0.1) is 17.7 Å². The van der Waals surface area contributed by atoms with Gasteiger partial charge in [-0.15, -0.1) is 0 Å². The molecule has 0 atom stereocenters. The second-order valence-corrected chi connectivity index (χ2v) is 6.57. The molecule has 2 aromatic rings. The third-order valence-electron chi connectivity index (χ3n) is 3.51. The zero-order valence-corrected chi connectivity index (χ0v) is 14.9. The maximum absolute atomic E-state index is 12.8. The summed E-state index contributed by atoms with van der Waals surface area (Å²) in [4.78, 5) is 36.8. The SMILES string of the molecule is COc1ccc(N2C(=O)C(=Cc3ccc([N+](=O)[O-])s3)C(=O)NC2=S)cc1. The Bertz CT molecular complexity index is 949. The molecule has 132 valence electrons. The Hall–Kier alpha value is -3.11. The van der Waals surface area contributed by atoms with Gasteiger partial charge in [0.15, 0.2) is 5.11 Å². The van der Waals surface area contributed by atoms with Gasteiger partial charge in [-0.2, -0.15) is 0 Å². The van der Waals surface area contributed by atoms with E-state index in [1.165, 1.54) is 30.2 Å². The van der Waals surface area contributed by atoms with Gasteiger partial charge in [0.2, 0.25) is 0 Å². The van der Waals surface area contributed by atoms with Crippen molar-refractivity contribution in [3.05, 3.63) is 57.0 Å². The number of nitrogens with one attached hydrogen (secondary N) is 1. The van der Waals surface area contributed by atoms with E-state index in [1.807, 2.05) is 0 Å². The maximum atomic E-state index is 12.8. The fourth-order valence-corrected chi connectivity index (χ4v) is 3.33. The molecule has 3 rings (SSSR count). The minimum atomic E-state index is -0.652.